The summed E-state index contributed by atoms with van der Waals surface area (Å²) in [6.07, 6.45) is 0.571. The lowest BCUT2D eigenvalue weighted by Crippen LogP contribution is -2.30. The Morgan fingerprint density at radius 2 is 1.97 bits per heavy atom. The summed E-state index contributed by atoms with van der Waals surface area (Å²) in [5.41, 5.74) is 4.02. The van der Waals surface area contributed by atoms with Crippen molar-refractivity contribution < 1.29 is 23.5 Å². The molecular weight excluding hydrogens is 394 g/mol. The van der Waals surface area contributed by atoms with Gasteiger partial charge in [-0.3, -0.25) is 9.59 Å². The average molecular weight is 416 g/mol. The molecule has 1 amide bonds. The lowest BCUT2D eigenvalue weighted by atomic mass is 10.0. The average Bonchev–Trinajstić information content (AvgIpc) is 3.08. The Balaban J connectivity index is 1.66. The second-order valence-electron chi connectivity index (χ2n) is 6.79. The fourth-order valence-corrected chi connectivity index (χ4v) is 3.16. The van der Waals surface area contributed by atoms with E-state index in [4.69, 9.17) is 25.5 Å². The van der Waals surface area contributed by atoms with Gasteiger partial charge in [-0.2, -0.15) is 0 Å². The van der Waals surface area contributed by atoms with E-state index in [9.17, 15) is 9.59 Å². The van der Waals surface area contributed by atoms with E-state index in [1.807, 2.05) is 26.0 Å². The minimum absolute atomic E-state index is 0.00755. The number of carbonyl (C=O) groups excluding carboxylic acids is 2. The molecule has 1 atom stereocenters. The van der Waals surface area contributed by atoms with Gasteiger partial charge in [0, 0.05) is 16.0 Å². The molecule has 0 radical (unpaired) electrons. The number of hydrogen-bond acceptors (Lipinski definition) is 5. The second kappa shape index (κ2) is 8.57. The Morgan fingerprint density at radius 1 is 1.21 bits per heavy atom. The zero-order valence-electron chi connectivity index (χ0n) is 16.7. The number of carbonyl (C=O) groups is 2. The summed E-state index contributed by atoms with van der Waals surface area (Å²) in [4.78, 5) is 24.8. The molecule has 2 aromatic carbocycles. The van der Waals surface area contributed by atoms with Gasteiger partial charge >= 0.3 is 5.97 Å². The first kappa shape index (κ1) is 20.7. The summed E-state index contributed by atoms with van der Waals surface area (Å²) in [5.74, 6) is -0.550. The van der Waals surface area contributed by atoms with Crippen LogP contribution in [-0.2, 0) is 20.7 Å². The molecule has 29 heavy (non-hydrogen) atoms. The van der Waals surface area contributed by atoms with Crippen LogP contribution >= 0.6 is 11.6 Å². The highest BCUT2D eigenvalue weighted by Crippen LogP contribution is 2.28. The SMILES string of the molecule is COc1ccc(Cl)cc1NC(=O)[C@@H](C)OC(=O)Cc1coc2c(C)c(C)ccc12. The lowest BCUT2D eigenvalue weighted by molar-refractivity contribution is -0.152. The molecule has 0 saturated carbocycles. The van der Waals surface area contributed by atoms with Crippen LogP contribution in [0.1, 0.15) is 23.6 Å². The Hall–Kier alpha value is -2.99. The molecule has 7 heteroatoms. The number of halogens is 1. The molecule has 0 fully saturated rings. The molecule has 0 spiro atoms. The number of nitrogens with one attached hydrogen (secondary N) is 1. The zero-order valence-corrected chi connectivity index (χ0v) is 17.4. The number of fused-ring (bicyclic) bond motifs is 1. The molecule has 1 aromatic heterocycles. The van der Waals surface area contributed by atoms with Crippen LogP contribution in [0.4, 0.5) is 5.69 Å². The molecule has 0 unspecified atom stereocenters. The van der Waals surface area contributed by atoms with E-state index in [2.05, 4.69) is 5.32 Å². The summed E-state index contributed by atoms with van der Waals surface area (Å²) in [7, 11) is 1.49. The number of benzene rings is 2. The van der Waals surface area contributed by atoms with Crippen molar-refractivity contribution in [2.75, 3.05) is 12.4 Å². The van der Waals surface area contributed by atoms with Crippen molar-refractivity contribution >= 4 is 40.1 Å². The zero-order chi connectivity index (χ0) is 21.1. The van der Waals surface area contributed by atoms with Crippen LogP contribution in [0.5, 0.6) is 5.75 Å². The molecule has 3 aromatic rings. The maximum Gasteiger partial charge on any atom is 0.311 e. The highest BCUT2D eigenvalue weighted by Gasteiger charge is 2.21. The maximum absolute atomic E-state index is 12.4. The van der Waals surface area contributed by atoms with Crippen molar-refractivity contribution in [1.29, 1.82) is 0 Å². The van der Waals surface area contributed by atoms with Crippen LogP contribution in [0, 0.1) is 13.8 Å². The molecule has 1 heterocycles. The van der Waals surface area contributed by atoms with E-state index in [0.717, 1.165) is 27.7 Å². The van der Waals surface area contributed by atoms with Crippen molar-refractivity contribution in [3.8, 4) is 5.75 Å². The fourth-order valence-electron chi connectivity index (χ4n) is 2.99. The molecule has 6 nitrogen and oxygen atoms in total. The Morgan fingerprint density at radius 3 is 2.69 bits per heavy atom. The van der Waals surface area contributed by atoms with Gasteiger partial charge in [0.05, 0.1) is 25.5 Å². The molecule has 3 rings (SSSR count). The van der Waals surface area contributed by atoms with Crippen LogP contribution in [0.25, 0.3) is 11.0 Å². The van der Waals surface area contributed by atoms with E-state index in [-0.39, 0.29) is 6.42 Å². The van der Waals surface area contributed by atoms with Gasteiger partial charge in [0.1, 0.15) is 11.3 Å². The van der Waals surface area contributed by atoms with Crippen LogP contribution in [0.15, 0.2) is 41.0 Å². The fraction of sp³-hybridized carbons (Fsp3) is 0.273. The summed E-state index contributed by atoms with van der Waals surface area (Å²) in [6, 6.07) is 8.76. The number of ether oxygens (including phenoxy) is 2. The molecule has 0 aliphatic carbocycles. The van der Waals surface area contributed by atoms with Gasteiger partial charge in [-0.1, -0.05) is 23.7 Å². The van der Waals surface area contributed by atoms with Crippen LogP contribution < -0.4 is 10.1 Å². The number of rotatable bonds is 6. The molecular formula is C22H22ClNO5. The largest absolute Gasteiger partial charge is 0.495 e. The molecule has 0 saturated heterocycles. The van der Waals surface area contributed by atoms with E-state index in [1.54, 1.807) is 24.5 Å². The van der Waals surface area contributed by atoms with Crippen molar-refractivity contribution in [3.63, 3.8) is 0 Å². The van der Waals surface area contributed by atoms with Crippen molar-refractivity contribution in [1.82, 2.24) is 0 Å². The standard InChI is InChI=1S/C22H22ClNO5/c1-12-5-7-17-15(11-28-21(17)13(12)2)9-20(25)29-14(3)22(26)24-18-10-16(23)6-8-19(18)27-4/h5-8,10-11,14H,9H2,1-4H3,(H,24,26)/t14-/m1/s1. The predicted octanol–water partition coefficient (Wildman–Crippen LogP) is 4.82. The van der Waals surface area contributed by atoms with Gasteiger partial charge in [0.15, 0.2) is 6.10 Å². The van der Waals surface area contributed by atoms with Gasteiger partial charge in [-0.05, 0) is 50.1 Å². The first-order valence-electron chi connectivity index (χ1n) is 9.10. The maximum atomic E-state index is 12.4. The monoisotopic (exact) mass is 415 g/mol. The van der Waals surface area contributed by atoms with Crippen molar-refractivity contribution in [2.24, 2.45) is 0 Å². The van der Waals surface area contributed by atoms with E-state index in [0.29, 0.717) is 16.5 Å². The van der Waals surface area contributed by atoms with Gasteiger partial charge in [-0.15, -0.1) is 0 Å². The number of esters is 1. The minimum atomic E-state index is -0.992. The van der Waals surface area contributed by atoms with Crippen molar-refractivity contribution in [3.05, 3.63) is 58.3 Å². The lowest BCUT2D eigenvalue weighted by Gasteiger charge is -2.15. The second-order valence-corrected chi connectivity index (χ2v) is 7.22. The highest BCUT2D eigenvalue weighted by atomic mass is 35.5. The number of aryl methyl sites for hydroxylation is 2. The third-order valence-corrected chi connectivity index (χ3v) is 5.01. The molecule has 0 bridgehead atoms. The third-order valence-electron chi connectivity index (χ3n) is 4.77. The first-order chi connectivity index (χ1) is 13.8. The van der Waals surface area contributed by atoms with E-state index < -0.39 is 18.0 Å². The quantitative estimate of drug-likeness (QED) is 0.584. The Bertz CT molecular complexity index is 1070. The van der Waals surface area contributed by atoms with Gasteiger partial charge < -0.3 is 19.2 Å². The summed E-state index contributed by atoms with van der Waals surface area (Å²) in [6.45, 7) is 5.48. The van der Waals surface area contributed by atoms with Crippen LogP contribution in [0.3, 0.4) is 0 Å². The van der Waals surface area contributed by atoms with Crippen LogP contribution in [0.2, 0.25) is 5.02 Å². The van der Waals surface area contributed by atoms with E-state index in [1.165, 1.54) is 14.0 Å². The smallest absolute Gasteiger partial charge is 0.311 e. The number of anilines is 1. The molecule has 152 valence electrons. The predicted molar refractivity (Wildman–Crippen MR) is 112 cm³/mol. The molecule has 0 aliphatic heterocycles. The van der Waals surface area contributed by atoms with Gasteiger partial charge in [0.25, 0.3) is 5.91 Å². The first-order valence-corrected chi connectivity index (χ1v) is 9.48. The summed E-state index contributed by atoms with van der Waals surface area (Å²) in [5, 5.41) is 3.98. The van der Waals surface area contributed by atoms with Crippen molar-refractivity contribution in [2.45, 2.75) is 33.3 Å². The normalized spacial score (nSPS) is 11.9. The summed E-state index contributed by atoms with van der Waals surface area (Å²) < 4.78 is 16.1. The number of furan rings is 1. The van der Waals surface area contributed by atoms with Crippen LogP contribution in [-0.4, -0.2) is 25.1 Å². The molecule has 1 N–H and O–H groups in total. The summed E-state index contributed by atoms with van der Waals surface area (Å²) >= 11 is 5.97. The number of hydrogen-bond donors (Lipinski definition) is 1. The van der Waals surface area contributed by atoms with E-state index >= 15 is 0 Å². The molecule has 0 aliphatic rings. The highest BCUT2D eigenvalue weighted by molar-refractivity contribution is 6.31. The Labute approximate surface area is 173 Å². The van der Waals surface area contributed by atoms with Gasteiger partial charge in [0.2, 0.25) is 0 Å². The van der Waals surface area contributed by atoms with Gasteiger partial charge in [-0.25, -0.2) is 0 Å². The number of methoxy groups -OCH3 is 1. The Kier molecular flexibility index (Phi) is 6.13. The third kappa shape index (κ3) is 4.54. The topological polar surface area (TPSA) is 77.8 Å². The number of amides is 1. The minimum Gasteiger partial charge on any atom is -0.495 e.